The molecule has 17 heavy (non-hydrogen) atoms. The summed E-state index contributed by atoms with van der Waals surface area (Å²) >= 11 is 5.71. The van der Waals surface area contributed by atoms with Gasteiger partial charge in [0.2, 0.25) is 0 Å². The Hall–Kier alpha value is -1.82. The average molecular weight is 258 g/mol. The number of urea groups is 1. The second kappa shape index (κ2) is 6.70. The molecule has 0 aliphatic carbocycles. The summed E-state index contributed by atoms with van der Waals surface area (Å²) < 4.78 is 0. The van der Waals surface area contributed by atoms with Gasteiger partial charge >= 0.3 is 12.0 Å². The Kier molecular flexibility index (Phi) is 5.22. The standard InChI is InChI=1S/C10H12ClN3O3/c11-7-3-5-12-8(6-7)14-10(17)13-4-1-2-9(15)16/h3,5-6H,1-2,4H2,(H,15,16)(H2,12,13,14,17). The van der Waals surface area contributed by atoms with Gasteiger partial charge in [0.25, 0.3) is 0 Å². The number of carboxylic acid groups (broad SMARTS) is 1. The maximum absolute atomic E-state index is 11.3. The van der Waals surface area contributed by atoms with Crippen molar-refractivity contribution < 1.29 is 14.7 Å². The molecule has 0 bridgehead atoms. The van der Waals surface area contributed by atoms with E-state index in [1.165, 1.54) is 12.3 Å². The molecule has 0 unspecified atom stereocenters. The van der Waals surface area contributed by atoms with Gasteiger partial charge in [0, 0.05) is 24.2 Å². The van der Waals surface area contributed by atoms with Crippen molar-refractivity contribution in [2.24, 2.45) is 0 Å². The SMILES string of the molecule is O=C(O)CCCNC(=O)Nc1cc(Cl)ccn1. The number of carboxylic acids is 1. The van der Waals surface area contributed by atoms with Crippen molar-refractivity contribution in [2.75, 3.05) is 11.9 Å². The molecule has 0 spiro atoms. The van der Waals surface area contributed by atoms with Crippen LogP contribution in [0.5, 0.6) is 0 Å². The lowest BCUT2D eigenvalue weighted by atomic mass is 10.3. The van der Waals surface area contributed by atoms with Crippen LogP contribution >= 0.6 is 11.6 Å². The van der Waals surface area contributed by atoms with Gasteiger partial charge in [0.1, 0.15) is 5.82 Å². The smallest absolute Gasteiger partial charge is 0.320 e. The van der Waals surface area contributed by atoms with Gasteiger partial charge in [-0.15, -0.1) is 0 Å². The summed E-state index contributed by atoms with van der Waals surface area (Å²) in [5.74, 6) is -0.544. The molecule has 1 aromatic rings. The summed E-state index contributed by atoms with van der Waals surface area (Å²) in [7, 11) is 0. The number of carbonyl (C=O) groups is 2. The van der Waals surface area contributed by atoms with E-state index < -0.39 is 12.0 Å². The Morgan fingerprint density at radius 1 is 1.47 bits per heavy atom. The zero-order valence-corrected chi connectivity index (χ0v) is 9.70. The number of pyridine rings is 1. The summed E-state index contributed by atoms with van der Waals surface area (Å²) in [5, 5.41) is 13.9. The summed E-state index contributed by atoms with van der Waals surface area (Å²) in [6.45, 7) is 0.290. The van der Waals surface area contributed by atoms with Gasteiger partial charge in [0.15, 0.2) is 0 Å². The molecule has 92 valence electrons. The first-order chi connectivity index (χ1) is 8.08. The average Bonchev–Trinajstić information content (AvgIpc) is 2.24. The van der Waals surface area contributed by atoms with Crippen LogP contribution in [0.1, 0.15) is 12.8 Å². The van der Waals surface area contributed by atoms with E-state index in [0.717, 1.165) is 0 Å². The molecule has 0 aliphatic heterocycles. The Bertz CT molecular complexity index is 412. The Morgan fingerprint density at radius 3 is 2.88 bits per heavy atom. The first-order valence-electron chi connectivity index (χ1n) is 4.96. The van der Waals surface area contributed by atoms with Crippen molar-refractivity contribution in [1.29, 1.82) is 0 Å². The quantitative estimate of drug-likeness (QED) is 0.701. The van der Waals surface area contributed by atoms with Crippen LogP contribution in [0.15, 0.2) is 18.3 Å². The second-order valence-corrected chi connectivity index (χ2v) is 3.67. The molecule has 7 heteroatoms. The van der Waals surface area contributed by atoms with Crippen molar-refractivity contribution >= 4 is 29.4 Å². The highest BCUT2D eigenvalue weighted by atomic mass is 35.5. The van der Waals surface area contributed by atoms with Gasteiger partial charge in [-0.05, 0) is 18.6 Å². The molecule has 0 atom stereocenters. The number of aromatic nitrogens is 1. The first kappa shape index (κ1) is 13.2. The van der Waals surface area contributed by atoms with E-state index in [0.29, 0.717) is 23.8 Å². The van der Waals surface area contributed by atoms with E-state index in [1.807, 2.05) is 0 Å². The van der Waals surface area contributed by atoms with Gasteiger partial charge in [-0.2, -0.15) is 0 Å². The monoisotopic (exact) mass is 257 g/mol. The Labute approximate surface area is 103 Å². The normalized spacial score (nSPS) is 9.71. The van der Waals surface area contributed by atoms with Crippen LogP contribution in [0.3, 0.4) is 0 Å². The number of aliphatic carboxylic acids is 1. The predicted octanol–water partition coefficient (Wildman–Crippen LogP) is 1.72. The number of rotatable bonds is 5. The van der Waals surface area contributed by atoms with Gasteiger partial charge in [0.05, 0.1) is 0 Å². The highest BCUT2D eigenvalue weighted by molar-refractivity contribution is 6.30. The Morgan fingerprint density at radius 2 is 2.24 bits per heavy atom. The topological polar surface area (TPSA) is 91.3 Å². The molecule has 0 saturated carbocycles. The van der Waals surface area contributed by atoms with E-state index in [-0.39, 0.29) is 6.42 Å². The molecule has 2 amide bonds. The van der Waals surface area contributed by atoms with Crippen molar-refractivity contribution in [3.05, 3.63) is 23.4 Å². The number of nitrogens with zero attached hydrogens (tertiary/aromatic N) is 1. The summed E-state index contributed by atoms with van der Waals surface area (Å²) in [6.07, 6.45) is 1.88. The predicted molar refractivity (Wildman–Crippen MR) is 63.1 cm³/mol. The molecule has 0 radical (unpaired) electrons. The number of hydrogen-bond acceptors (Lipinski definition) is 3. The maximum atomic E-state index is 11.3. The largest absolute Gasteiger partial charge is 0.481 e. The lowest BCUT2D eigenvalue weighted by Gasteiger charge is -2.06. The van der Waals surface area contributed by atoms with Crippen LogP contribution in [0.25, 0.3) is 0 Å². The van der Waals surface area contributed by atoms with Crippen LogP contribution < -0.4 is 10.6 Å². The molecule has 0 aliphatic rings. The molecule has 1 heterocycles. The molecule has 3 N–H and O–H groups in total. The summed E-state index contributed by atoms with van der Waals surface area (Å²) in [6, 6.07) is 2.67. The molecule has 1 rings (SSSR count). The highest BCUT2D eigenvalue weighted by Gasteiger charge is 2.03. The third kappa shape index (κ3) is 5.72. The van der Waals surface area contributed by atoms with Gasteiger partial charge in [-0.1, -0.05) is 11.6 Å². The molecular formula is C10H12ClN3O3. The molecule has 6 nitrogen and oxygen atoms in total. The van der Waals surface area contributed by atoms with Crippen molar-refractivity contribution in [2.45, 2.75) is 12.8 Å². The fraction of sp³-hybridized carbons (Fsp3) is 0.300. The second-order valence-electron chi connectivity index (χ2n) is 3.24. The lowest BCUT2D eigenvalue weighted by molar-refractivity contribution is -0.137. The number of anilines is 1. The fourth-order valence-electron chi connectivity index (χ4n) is 1.08. The van der Waals surface area contributed by atoms with E-state index in [1.54, 1.807) is 6.07 Å². The third-order valence-corrected chi connectivity index (χ3v) is 2.05. The van der Waals surface area contributed by atoms with Crippen LogP contribution in [-0.4, -0.2) is 28.6 Å². The first-order valence-corrected chi connectivity index (χ1v) is 5.34. The molecule has 0 saturated heterocycles. The maximum Gasteiger partial charge on any atom is 0.320 e. The minimum atomic E-state index is -0.885. The van der Waals surface area contributed by atoms with Gasteiger partial charge < -0.3 is 10.4 Å². The van der Waals surface area contributed by atoms with Crippen LogP contribution in [-0.2, 0) is 4.79 Å². The van der Waals surface area contributed by atoms with E-state index in [9.17, 15) is 9.59 Å². The molecule has 0 fully saturated rings. The third-order valence-electron chi connectivity index (χ3n) is 1.82. The number of amides is 2. The van der Waals surface area contributed by atoms with Gasteiger partial charge in [-0.25, -0.2) is 9.78 Å². The molecular weight excluding hydrogens is 246 g/mol. The molecule has 1 aromatic heterocycles. The number of carbonyl (C=O) groups excluding carboxylic acids is 1. The minimum Gasteiger partial charge on any atom is -0.481 e. The zero-order chi connectivity index (χ0) is 12.7. The number of nitrogens with one attached hydrogen (secondary N) is 2. The number of halogens is 1. The van der Waals surface area contributed by atoms with Crippen molar-refractivity contribution in [3.8, 4) is 0 Å². The highest BCUT2D eigenvalue weighted by Crippen LogP contribution is 2.11. The van der Waals surface area contributed by atoms with E-state index >= 15 is 0 Å². The lowest BCUT2D eigenvalue weighted by Crippen LogP contribution is -2.30. The zero-order valence-electron chi connectivity index (χ0n) is 8.94. The van der Waals surface area contributed by atoms with Crippen molar-refractivity contribution in [3.63, 3.8) is 0 Å². The van der Waals surface area contributed by atoms with Crippen molar-refractivity contribution in [1.82, 2.24) is 10.3 Å². The number of hydrogen-bond donors (Lipinski definition) is 3. The van der Waals surface area contributed by atoms with Crippen LogP contribution in [0, 0.1) is 0 Å². The molecule has 0 aromatic carbocycles. The van der Waals surface area contributed by atoms with E-state index in [4.69, 9.17) is 16.7 Å². The van der Waals surface area contributed by atoms with Crippen LogP contribution in [0.2, 0.25) is 5.02 Å². The van der Waals surface area contributed by atoms with Crippen LogP contribution in [0.4, 0.5) is 10.6 Å². The Balaban J connectivity index is 2.27. The summed E-state index contributed by atoms with van der Waals surface area (Å²) in [5.41, 5.74) is 0. The minimum absolute atomic E-state index is 0.0235. The summed E-state index contributed by atoms with van der Waals surface area (Å²) in [4.78, 5) is 25.4. The fourth-order valence-corrected chi connectivity index (χ4v) is 1.23. The van der Waals surface area contributed by atoms with E-state index in [2.05, 4.69) is 15.6 Å². The van der Waals surface area contributed by atoms with Gasteiger partial charge in [-0.3, -0.25) is 10.1 Å².